The van der Waals surface area contributed by atoms with Gasteiger partial charge in [0.1, 0.15) is 0 Å². The lowest BCUT2D eigenvalue weighted by Gasteiger charge is -2.02. The standard InChI is InChI=1S/C21H15NO2S4/c1-2-7-22-14-8-18(16-5-3-12(10-23)25-16)27-20(14)21-15(22)9-19(28-21)17-6-4-13(11-24)26-17/h3-6,8-11H,2,7H2,1H3. The molecular weight excluding hydrogens is 427 g/mol. The normalized spacial score (nSPS) is 11.6. The van der Waals surface area contributed by atoms with Crippen molar-refractivity contribution in [3.8, 4) is 19.5 Å². The number of aryl methyl sites for hydroxylation is 1. The smallest absolute Gasteiger partial charge is 0.160 e. The highest BCUT2D eigenvalue weighted by Gasteiger charge is 2.19. The summed E-state index contributed by atoms with van der Waals surface area (Å²) in [5.74, 6) is 0. The van der Waals surface area contributed by atoms with E-state index in [-0.39, 0.29) is 0 Å². The van der Waals surface area contributed by atoms with Crippen LogP contribution in [-0.4, -0.2) is 17.1 Å². The summed E-state index contributed by atoms with van der Waals surface area (Å²) in [5.41, 5.74) is 2.55. The molecule has 5 aromatic heterocycles. The van der Waals surface area contributed by atoms with Gasteiger partial charge >= 0.3 is 0 Å². The van der Waals surface area contributed by atoms with E-state index in [0.29, 0.717) is 0 Å². The van der Waals surface area contributed by atoms with E-state index in [0.717, 1.165) is 45.0 Å². The maximum atomic E-state index is 11.0. The number of rotatable bonds is 6. The van der Waals surface area contributed by atoms with Crippen molar-refractivity contribution < 1.29 is 9.59 Å². The molecule has 0 atom stereocenters. The predicted octanol–water partition coefficient (Wildman–Crippen LogP) is 7.41. The van der Waals surface area contributed by atoms with Crippen LogP contribution in [0.2, 0.25) is 0 Å². The lowest BCUT2D eigenvalue weighted by Crippen LogP contribution is -1.94. The van der Waals surface area contributed by atoms with Crippen LogP contribution >= 0.6 is 45.3 Å². The molecule has 140 valence electrons. The summed E-state index contributed by atoms with van der Waals surface area (Å²) >= 11 is 6.68. The lowest BCUT2D eigenvalue weighted by atomic mass is 10.3. The van der Waals surface area contributed by atoms with Crippen molar-refractivity contribution in [3.63, 3.8) is 0 Å². The first-order valence-corrected chi connectivity index (χ1v) is 12.1. The van der Waals surface area contributed by atoms with Crippen LogP contribution < -0.4 is 0 Å². The average molecular weight is 442 g/mol. The minimum absolute atomic E-state index is 0.761. The number of carbonyl (C=O) groups is 2. The molecule has 0 spiro atoms. The second-order valence-electron chi connectivity index (χ2n) is 6.44. The molecule has 0 radical (unpaired) electrons. The van der Waals surface area contributed by atoms with E-state index >= 15 is 0 Å². The Kier molecular flexibility index (Phi) is 4.55. The first-order valence-electron chi connectivity index (χ1n) is 8.88. The zero-order valence-corrected chi connectivity index (χ0v) is 18.2. The van der Waals surface area contributed by atoms with Crippen LogP contribution in [0.5, 0.6) is 0 Å². The molecule has 0 unspecified atom stereocenters. The van der Waals surface area contributed by atoms with E-state index in [1.54, 1.807) is 45.3 Å². The third-order valence-corrected chi connectivity index (χ3v) is 9.46. The van der Waals surface area contributed by atoms with Gasteiger partial charge in [0.25, 0.3) is 0 Å². The first-order chi connectivity index (χ1) is 13.7. The van der Waals surface area contributed by atoms with E-state index < -0.39 is 0 Å². The van der Waals surface area contributed by atoms with Crippen molar-refractivity contribution in [1.29, 1.82) is 0 Å². The van der Waals surface area contributed by atoms with Crippen molar-refractivity contribution in [2.75, 3.05) is 0 Å². The predicted molar refractivity (Wildman–Crippen MR) is 123 cm³/mol. The van der Waals surface area contributed by atoms with Gasteiger partial charge in [0, 0.05) is 26.1 Å². The number of fused-ring (bicyclic) bond motifs is 3. The number of aromatic nitrogens is 1. The third kappa shape index (κ3) is 2.81. The summed E-state index contributed by atoms with van der Waals surface area (Å²) in [7, 11) is 0. The fourth-order valence-corrected chi connectivity index (χ4v) is 7.70. The Morgan fingerprint density at radius 1 is 0.750 bits per heavy atom. The van der Waals surface area contributed by atoms with Crippen molar-refractivity contribution in [2.45, 2.75) is 19.9 Å². The molecule has 0 amide bonds. The van der Waals surface area contributed by atoms with Crippen molar-refractivity contribution in [3.05, 3.63) is 46.2 Å². The van der Waals surface area contributed by atoms with E-state index in [4.69, 9.17) is 0 Å². The molecular formula is C21H15NO2S4. The van der Waals surface area contributed by atoms with E-state index in [9.17, 15) is 9.59 Å². The molecule has 5 heterocycles. The quantitative estimate of drug-likeness (QED) is 0.257. The zero-order chi connectivity index (χ0) is 19.3. The monoisotopic (exact) mass is 441 g/mol. The van der Waals surface area contributed by atoms with Crippen LogP contribution in [0.1, 0.15) is 32.7 Å². The van der Waals surface area contributed by atoms with Gasteiger partial charge in [-0.25, -0.2) is 0 Å². The molecule has 3 nitrogen and oxygen atoms in total. The SMILES string of the molecule is CCCn1c2cc(-c3ccc(C=O)s3)sc2c2sc(-c3ccc(C=O)s3)cc21. The highest BCUT2D eigenvalue weighted by molar-refractivity contribution is 7.32. The molecule has 0 bridgehead atoms. The molecule has 5 aromatic rings. The molecule has 0 fully saturated rings. The number of hydrogen-bond acceptors (Lipinski definition) is 6. The number of thiophene rings is 4. The Morgan fingerprint density at radius 2 is 1.25 bits per heavy atom. The van der Waals surface area contributed by atoms with E-state index in [1.807, 2.05) is 24.3 Å². The van der Waals surface area contributed by atoms with Gasteiger partial charge < -0.3 is 4.57 Å². The fraction of sp³-hybridized carbons (Fsp3) is 0.143. The third-order valence-electron chi connectivity index (χ3n) is 4.63. The first kappa shape index (κ1) is 18.0. The lowest BCUT2D eigenvalue weighted by molar-refractivity contribution is 0.111. The van der Waals surface area contributed by atoms with Gasteiger partial charge in [-0.15, -0.1) is 45.3 Å². The van der Waals surface area contributed by atoms with Crippen LogP contribution in [0.4, 0.5) is 0 Å². The Bertz CT molecular complexity index is 1230. The highest BCUT2D eigenvalue weighted by atomic mass is 32.1. The second kappa shape index (κ2) is 7.08. The van der Waals surface area contributed by atoms with Gasteiger partial charge in [-0.2, -0.15) is 0 Å². The summed E-state index contributed by atoms with van der Waals surface area (Å²) in [6.07, 6.45) is 2.89. The van der Waals surface area contributed by atoms with E-state index in [2.05, 4.69) is 23.6 Å². The number of aldehydes is 2. The van der Waals surface area contributed by atoms with Crippen molar-refractivity contribution in [1.82, 2.24) is 4.57 Å². The molecule has 0 aromatic carbocycles. The Labute approximate surface area is 177 Å². The molecule has 28 heavy (non-hydrogen) atoms. The van der Waals surface area contributed by atoms with Crippen LogP contribution in [-0.2, 0) is 6.54 Å². The maximum absolute atomic E-state index is 11.0. The number of nitrogens with zero attached hydrogens (tertiary/aromatic N) is 1. The van der Waals surface area contributed by atoms with Crippen LogP contribution in [0.3, 0.4) is 0 Å². The van der Waals surface area contributed by atoms with Crippen LogP contribution in [0.25, 0.3) is 39.9 Å². The molecule has 7 heteroatoms. The summed E-state index contributed by atoms with van der Waals surface area (Å²) in [6, 6.07) is 12.4. The van der Waals surface area contributed by atoms with Gasteiger partial charge in [0.2, 0.25) is 0 Å². The summed E-state index contributed by atoms with van der Waals surface area (Å²) < 4.78 is 5.03. The number of hydrogen-bond donors (Lipinski definition) is 0. The molecule has 5 rings (SSSR count). The van der Waals surface area contributed by atoms with Gasteiger partial charge in [0.05, 0.1) is 30.2 Å². The Hall–Kier alpha value is -2.06. The van der Waals surface area contributed by atoms with Crippen molar-refractivity contribution >= 4 is 78.4 Å². The molecule has 0 aliphatic heterocycles. The minimum Gasteiger partial charge on any atom is -0.339 e. The fourth-order valence-electron chi connectivity index (χ4n) is 3.42. The summed E-state index contributed by atoms with van der Waals surface area (Å²) in [4.78, 5) is 28.3. The Balaban J connectivity index is 1.69. The van der Waals surface area contributed by atoms with E-state index in [1.165, 1.54) is 30.2 Å². The molecule has 0 N–H and O–H groups in total. The molecule has 0 aliphatic rings. The highest BCUT2D eigenvalue weighted by Crippen LogP contribution is 2.47. The summed E-state index contributed by atoms with van der Waals surface area (Å²) in [6.45, 7) is 3.17. The molecule has 0 aliphatic carbocycles. The Morgan fingerprint density at radius 3 is 1.64 bits per heavy atom. The van der Waals surface area contributed by atoms with Gasteiger partial charge in [0.15, 0.2) is 12.6 Å². The number of carbonyl (C=O) groups excluding carboxylic acids is 2. The van der Waals surface area contributed by atoms with Crippen LogP contribution in [0, 0.1) is 0 Å². The second-order valence-corrected chi connectivity index (χ2v) is 10.8. The van der Waals surface area contributed by atoms with Gasteiger partial charge in [-0.05, 0) is 42.8 Å². The van der Waals surface area contributed by atoms with Crippen molar-refractivity contribution in [2.24, 2.45) is 0 Å². The topological polar surface area (TPSA) is 39.1 Å². The summed E-state index contributed by atoms with van der Waals surface area (Å²) in [5, 5.41) is 0. The minimum atomic E-state index is 0.761. The average Bonchev–Trinajstić information content (AvgIpc) is 3.49. The van der Waals surface area contributed by atoms with Gasteiger partial charge in [-0.1, -0.05) is 6.92 Å². The largest absolute Gasteiger partial charge is 0.339 e. The van der Waals surface area contributed by atoms with Gasteiger partial charge in [-0.3, -0.25) is 9.59 Å². The zero-order valence-electron chi connectivity index (χ0n) is 14.9. The van der Waals surface area contributed by atoms with Crippen LogP contribution in [0.15, 0.2) is 36.4 Å². The molecule has 0 saturated heterocycles. The maximum Gasteiger partial charge on any atom is 0.160 e. The molecule has 0 saturated carbocycles.